The fourth-order valence-corrected chi connectivity index (χ4v) is 2.13. The molecule has 1 aliphatic rings. The minimum absolute atomic E-state index is 0.252. The van der Waals surface area contributed by atoms with Gasteiger partial charge in [-0.1, -0.05) is 30.3 Å². The van der Waals surface area contributed by atoms with E-state index in [-0.39, 0.29) is 12.6 Å². The van der Waals surface area contributed by atoms with E-state index in [4.69, 9.17) is 4.74 Å². The third-order valence-electron chi connectivity index (χ3n) is 3.15. The Morgan fingerprint density at radius 1 is 1.33 bits per heavy atom. The van der Waals surface area contributed by atoms with Gasteiger partial charge in [0.15, 0.2) is 0 Å². The Morgan fingerprint density at radius 2 is 2.11 bits per heavy atom. The second-order valence-corrected chi connectivity index (χ2v) is 4.43. The summed E-state index contributed by atoms with van der Waals surface area (Å²) < 4.78 is 5.23. The third-order valence-corrected chi connectivity index (χ3v) is 3.15. The van der Waals surface area contributed by atoms with E-state index in [1.807, 2.05) is 30.3 Å². The molecule has 1 heterocycles. The second-order valence-electron chi connectivity index (χ2n) is 4.43. The molecule has 4 heteroatoms. The lowest BCUT2D eigenvalue weighted by Gasteiger charge is -2.31. The molecule has 18 heavy (non-hydrogen) atoms. The van der Waals surface area contributed by atoms with Crippen molar-refractivity contribution >= 4 is 12.4 Å². The number of hydrogen-bond donors (Lipinski definition) is 0. The first kappa shape index (κ1) is 12.6. The van der Waals surface area contributed by atoms with E-state index in [0.29, 0.717) is 6.54 Å². The Hall–Kier alpha value is -1.84. The summed E-state index contributed by atoms with van der Waals surface area (Å²) >= 11 is 0. The van der Waals surface area contributed by atoms with Crippen molar-refractivity contribution in [3.8, 4) is 0 Å². The summed E-state index contributed by atoms with van der Waals surface area (Å²) in [7, 11) is 0. The Labute approximate surface area is 107 Å². The van der Waals surface area contributed by atoms with Crippen LogP contribution in [0.2, 0.25) is 0 Å². The van der Waals surface area contributed by atoms with Crippen LogP contribution in [0.1, 0.15) is 24.8 Å². The van der Waals surface area contributed by atoms with Gasteiger partial charge in [-0.2, -0.15) is 0 Å². The zero-order valence-electron chi connectivity index (χ0n) is 10.2. The first-order valence-corrected chi connectivity index (χ1v) is 6.24. The van der Waals surface area contributed by atoms with E-state index >= 15 is 0 Å². The SMILES string of the molecule is O=C[C@@H]1CCCCN1C(=O)OCc1ccccc1. The molecule has 0 spiro atoms. The van der Waals surface area contributed by atoms with Crippen molar-refractivity contribution in [2.45, 2.75) is 31.9 Å². The average Bonchev–Trinajstić information content (AvgIpc) is 2.45. The maximum atomic E-state index is 11.9. The Morgan fingerprint density at radius 3 is 2.83 bits per heavy atom. The normalized spacial score (nSPS) is 19.3. The van der Waals surface area contributed by atoms with Gasteiger partial charge in [-0.15, -0.1) is 0 Å². The summed E-state index contributed by atoms with van der Waals surface area (Å²) in [5.41, 5.74) is 0.950. The monoisotopic (exact) mass is 247 g/mol. The van der Waals surface area contributed by atoms with Gasteiger partial charge in [0.05, 0.1) is 6.04 Å². The van der Waals surface area contributed by atoms with E-state index in [0.717, 1.165) is 31.1 Å². The van der Waals surface area contributed by atoms with Crippen LogP contribution < -0.4 is 0 Å². The summed E-state index contributed by atoms with van der Waals surface area (Å²) in [4.78, 5) is 24.3. The molecule has 1 aliphatic heterocycles. The first-order chi connectivity index (χ1) is 8.81. The van der Waals surface area contributed by atoms with E-state index in [2.05, 4.69) is 0 Å². The fourth-order valence-electron chi connectivity index (χ4n) is 2.13. The van der Waals surface area contributed by atoms with Crippen LogP contribution >= 0.6 is 0 Å². The summed E-state index contributed by atoms with van der Waals surface area (Å²) in [6.07, 6.45) is 3.11. The Bertz CT molecular complexity index is 405. The number of carbonyl (C=O) groups is 2. The van der Waals surface area contributed by atoms with Crippen LogP contribution in [0.3, 0.4) is 0 Å². The molecule has 0 aliphatic carbocycles. The van der Waals surface area contributed by atoms with Crippen molar-refractivity contribution in [3.63, 3.8) is 0 Å². The van der Waals surface area contributed by atoms with Crippen LogP contribution in [0.5, 0.6) is 0 Å². The van der Waals surface area contributed by atoms with E-state index < -0.39 is 6.09 Å². The lowest BCUT2D eigenvalue weighted by atomic mass is 10.0. The highest BCUT2D eigenvalue weighted by Gasteiger charge is 2.27. The standard InChI is InChI=1S/C14H17NO3/c16-10-13-8-4-5-9-15(13)14(17)18-11-12-6-2-1-3-7-12/h1-3,6-7,10,13H,4-5,8-9,11H2/t13-/m0/s1. The van der Waals surface area contributed by atoms with Crippen LogP contribution in [0, 0.1) is 0 Å². The quantitative estimate of drug-likeness (QED) is 0.770. The molecule has 1 atom stereocenters. The van der Waals surface area contributed by atoms with Gasteiger partial charge in [-0.05, 0) is 24.8 Å². The van der Waals surface area contributed by atoms with Crippen LogP contribution in [0.15, 0.2) is 30.3 Å². The number of benzene rings is 1. The average molecular weight is 247 g/mol. The minimum atomic E-state index is -0.393. The predicted molar refractivity (Wildman–Crippen MR) is 67.0 cm³/mol. The number of likely N-dealkylation sites (tertiary alicyclic amines) is 1. The molecule has 2 rings (SSSR count). The number of rotatable bonds is 3. The largest absolute Gasteiger partial charge is 0.445 e. The van der Waals surface area contributed by atoms with Crippen LogP contribution in [-0.2, 0) is 16.1 Å². The zero-order valence-corrected chi connectivity index (χ0v) is 10.2. The van der Waals surface area contributed by atoms with Crippen LogP contribution in [0.4, 0.5) is 4.79 Å². The molecule has 1 saturated heterocycles. The number of nitrogens with zero attached hydrogens (tertiary/aromatic N) is 1. The van der Waals surface area contributed by atoms with Gasteiger partial charge in [0, 0.05) is 6.54 Å². The molecule has 0 unspecified atom stereocenters. The van der Waals surface area contributed by atoms with Gasteiger partial charge in [-0.3, -0.25) is 4.90 Å². The number of piperidine rings is 1. The number of hydrogen-bond acceptors (Lipinski definition) is 3. The van der Waals surface area contributed by atoms with E-state index in [1.54, 1.807) is 0 Å². The number of ether oxygens (including phenoxy) is 1. The van der Waals surface area contributed by atoms with Gasteiger partial charge in [-0.25, -0.2) is 4.79 Å². The van der Waals surface area contributed by atoms with Gasteiger partial charge >= 0.3 is 6.09 Å². The number of carbonyl (C=O) groups excluding carboxylic acids is 2. The highest BCUT2D eigenvalue weighted by Crippen LogP contribution is 2.16. The molecule has 1 aromatic carbocycles. The van der Waals surface area contributed by atoms with E-state index in [1.165, 1.54) is 4.90 Å². The topological polar surface area (TPSA) is 46.6 Å². The molecule has 0 N–H and O–H groups in total. The molecular weight excluding hydrogens is 230 g/mol. The second kappa shape index (κ2) is 6.19. The lowest BCUT2D eigenvalue weighted by molar-refractivity contribution is -0.113. The van der Waals surface area contributed by atoms with Gasteiger partial charge in [0.25, 0.3) is 0 Å². The van der Waals surface area contributed by atoms with Gasteiger partial charge < -0.3 is 9.53 Å². The molecule has 0 radical (unpaired) electrons. The highest BCUT2D eigenvalue weighted by atomic mass is 16.6. The zero-order chi connectivity index (χ0) is 12.8. The van der Waals surface area contributed by atoms with Crippen LogP contribution in [0.25, 0.3) is 0 Å². The molecule has 1 aromatic rings. The molecule has 1 fully saturated rings. The molecule has 96 valence electrons. The Balaban J connectivity index is 1.89. The number of amides is 1. The lowest BCUT2D eigenvalue weighted by Crippen LogP contribution is -2.44. The molecule has 0 aromatic heterocycles. The molecule has 1 amide bonds. The van der Waals surface area contributed by atoms with Crippen molar-refractivity contribution in [3.05, 3.63) is 35.9 Å². The summed E-state index contributed by atoms with van der Waals surface area (Å²) in [5.74, 6) is 0. The minimum Gasteiger partial charge on any atom is -0.445 e. The predicted octanol–water partition coefficient (Wildman–Crippen LogP) is 2.38. The smallest absolute Gasteiger partial charge is 0.410 e. The van der Waals surface area contributed by atoms with Crippen molar-refractivity contribution in [1.82, 2.24) is 4.90 Å². The highest BCUT2D eigenvalue weighted by molar-refractivity contribution is 5.73. The van der Waals surface area contributed by atoms with Crippen molar-refractivity contribution in [2.24, 2.45) is 0 Å². The van der Waals surface area contributed by atoms with Gasteiger partial charge in [0.2, 0.25) is 0 Å². The van der Waals surface area contributed by atoms with Gasteiger partial charge in [0.1, 0.15) is 12.9 Å². The van der Waals surface area contributed by atoms with E-state index in [9.17, 15) is 9.59 Å². The van der Waals surface area contributed by atoms with Crippen molar-refractivity contribution in [2.75, 3.05) is 6.54 Å². The third kappa shape index (κ3) is 3.09. The Kier molecular flexibility index (Phi) is 4.34. The molecule has 0 saturated carbocycles. The number of aldehydes is 1. The molecular formula is C14H17NO3. The van der Waals surface area contributed by atoms with Crippen molar-refractivity contribution < 1.29 is 14.3 Å². The van der Waals surface area contributed by atoms with Crippen LogP contribution in [-0.4, -0.2) is 29.9 Å². The maximum Gasteiger partial charge on any atom is 0.410 e. The first-order valence-electron chi connectivity index (χ1n) is 6.24. The summed E-state index contributed by atoms with van der Waals surface area (Å²) in [5, 5.41) is 0. The molecule has 0 bridgehead atoms. The molecule has 4 nitrogen and oxygen atoms in total. The maximum absolute atomic E-state index is 11.9. The fraction of sp³-hybridized carbons (Fsp3) is 0.429. The summed E-state index contributed by atoms with van der Waals surface area (Å²) in [6, 6.07) is 9.21. The summed E-state index contributed by atoms with van der Waals surface area (Å²) in [6.45, 7) is 0.860. The van der Waals surface area contributed by atoms with Crippen molar-refractivity contribution in [1.29, 1.82) is 0 Å².